The lowest BCUT2D eigenvalue weighted by atomic mass is 9.73. The second-order valence-corrected chi connectivity index (χ2v) is 5.64. The third-order valence-corrected chi connectivity index (χ3v) is 4.63. The molecule has 20 heavy (non-hydrogen) atoms. The van der Waals surface area contributed by atoms with Crippen molar-refractivity contribution < 1.29 is 4.74 Å². The summed E-state index contributed by atoms with van der Waals surface area (Å²) in [4.78, 5) is 0. The zero-order valence-electron chi connectivity index (χ0n) is 12.3. The van der Waals surface area contributed by atoms with E-state index < -0.39 is 0 Å². The van der Waals surface area contributed by atoms with Gasteiger partial charge in [-0.15, -0.1) is 0 Å². The molecule has 0 saturated heterocycles. The fourth-order valence-corrected chi connectivity index (χ4v) is 3.49. The molecular formula is C19H22O. The Morgan fingerprint density at radius 3 is 2.30 bits per heavy atom. The van der Waals surface area contributed by atoms with Gasteiger partial charge in [0.2, 0.25) is 0 Å². The van der Waals surface area contributed by atoms with Crippen LogP contribution < -0.4 is 4.74 Å². The quantitative estimate of drug-likeness (QED) is 0.749. The Balaban J connectivity index is 1.98. The van der Waals surface area contributed by atoms with Crippen LogP contribution in [0.25, 0.3) is 0 Å². The molecular weight excluding hydrogens is 244 g/mol. The molecule has 104 valence electrons. The normalized spacial score (nSPS) is 21.3. The van der Waals surface area contributed by atoms with Gasteiger partial charge in [-0.25, -0.2) is 0 Å². The van der Waals surface area contributed by atoms with Gasteiger partial charge in [-0.2, -0.15) is 0 Å². The number of ether oxygens (including phenoxy) is 1. The Morgan fingerprint density at radius 2 is 1.65 bits per heavy atom. The minimum atomic E-state index is 0.542. The lowest BCUT2D eigenvalue weighted by molar-refractivity contribution is 0.414. The van der Waals surface area contributed by atoms with Gasteiger partial charge in [-0.1, -0.05) is 43.3 Å². The molecule has 0 fully saturated rings. The van der Waals surface area contributed by atoms with Crippen LogP contribution in [0.1, 0.15) is 54.7 Å². The number of hydrogen-bond acceptors (Lipinski definition) is 1. The summed E-state index contributed by atoms with van der Waals surface area (Å²) in [6, 6.07) is 17.6. The molecule has 0 saturated carbocycles. The Morgan fingerprint density at radius 1 is 0.950 bits per heavy atom. The maximum Gasteiger partial charge on any atom is 0.118 e. The SMILES string of the molecule is CCC1CCC(c2ccc(OC)cc2)c2ccccc21. The van der Waals surface area contributed by atoms with Crippen LogP contribution in [0.5, 0.6) is 5.75 Å². The van der Waals surface area contributed by atoms with E-state index in [1.807, 2.05) is 0 Å². The number of fused-ring (bicyclic) bond motifs is 1. The number of rotatable bonds is 3. The van der Waals surface area contributed by atoms with Gasteiger partial charge in [0.15, 0.2) is 0 Å². The summed E-state index contributed by atoms with van der Waals surface area (Å²) in [5.41, 5.74) is 4.49. The molecule has 0 aliphatic heterocycles. The van der Waals surface area contributed by atoms with E-state index in [0.717, 1.165) is 11.7 Å². The lowest BCUT2D eigenvalue weighted by Crippen LogP contribution is -2.15. The largest absolute Gasteiger partial charge is 0.497 e. The molecule has 0 radical (unpaired) electrons. The first-order valence-corrected chi connectivity index (χ1v) is 7.56. The standard InChI is InChI=1S/C19H22O/c1-3-14-10-13-18(19-7-5-4-6-17(14)19)15-8-11-16(20-2)12-9-15/h4-9,11-12,14,18H,3,10,13H2,1-2H3. The zero-order chi connectivity index (χ0) is 13.9. The second kappa shape index (κ2) is 5.70. The smallest absolute Gasteiger partial charge is 0.118 e. The third-order valence-electron chi connectivity index (χ3n) is 4.63. The van der Waals surface area contributed by atoms with Gasteiger partial charge in [0.05, 0.1) is 7.11 Å². The minimum absolute atomic E-state index is 0.542. The van der Waals surface area contributed by atoms with Gasteiger partial charge < -0.3 is 4.74 Å². The van der Waals surface area contributed by atoms with Gasteiger partial charge in [0.25, 0.3) is 0 Å². The molecule has 3 rings (SSSR count). The second-order valence-electron chi connectivity index (χ2n) is 5.64. The highest BCUT2D eigenvalue weighted by atomic mass is 16.5. The van der Waals surface area contributed by atoms with Gasteiger partial charge in [0.1, 0.15) is 5.75 Å². The molecule has 2 aromatic carbocycles. The molecule has 0 spiro atoms. The molecule has 2 atom stereocenters. The minimum Gasteiger partial charge on any atom is -0.497 e. The van der Waals surface area contributed by atoms with Gasteiger partial charge in [0, 0.05) is 5.92 Å². The van der Waals surface area contributed by atoms with Crippen LogP contribution in [0.4, 0.5) is 0 Å². The fourth-order valence-electron chi connectivity index (χ4n) is 3.49. The summed E-state index contributed by atoms with van der Waals surface area (Å²) in [7, 11) is 1.72. The van der Waals surface area contributed by atoms with E-state index in [0.29, 0.717) is 5.92 Å². The van der Waals surface area contributed by atoms with E-state index in [9.17, 15) is 0 Å². The molecule has 0 aromatic heterocycles. The van der Waals surface area contributed by atoms with Crippen LogP contribution >= 0.6 is 0 Å². The monoisotopic (exact) mass is 266 g/mol. The summed E-state index contributed by atoms with van der Waals surface area (Å²) in [5, 5.41) is 0. The Hall–Kier alpha value is -1.76. The summed E-state index contributed by atoms with van der Waals surface area (Å²) < 4.78 is 5.26. The van der Waals surface area contributed by atoms with Crippen molar-refractivity contribution in [1.82, 2.24) is 0 Å². The molecule has 1 heteroatoms. The van der Waals surface area contributed by atoms with E-state index in [1.165, 1.54) is 30.4 Å². The van der Waals surface area contributed by atoms with Crippen LogP contribution in [0.3, 0.4) is 0 Å². The van der Waals surface area contributed by atoms with Crippen LogP contribution in [0.15, 0.2) is 48.5 Å². The molecule has 0 amide bonds. The highest BCUT2D eigenvalue weighted by Crippen LogP contribution is 2.43. The highest BCUT2D eigenvalue weighted by Gasteiger charge is 2.26. The van der Waals surface area contributed by atoms with Crippen molar-refractivity contribution in [3.8, 4) is 5.75 Å². The molecule has 0 heterocycles. The van der Waals surface area contributed by atoms with E-state index >= 15 is 0 Å². The van der Waals surface area contributed by atoms with E-state index in [1.54, 1.807) is 12.7 Å². The van der Waals surface area contributed by atoms with Crippen molar-refractivity contribution >= 4 is 0 Å². The van der Waals surface area contributed by atoms with Crippen molar-refractivity contribution in [1.29, 1.82) is 0 Å². The third kappa shape index (κ3) is 2.33. The zero-order valence-corrected chi connectivity index (χ0v) is 12.3. The van der Waals surface area contributed by atoms with Crippen LogP contribution in [-0.2, 0) is 0 Å². The van der Waals surface area contributed by atoms with Crippen molar-refractivity contribution in [2.24, 2.45) is 0 Å². The summed E-state index contributed by atoms with van der Waals surface area (Å²) in [5.74, 6) is 2.21. The molecule has 1 aliphatic rings. The number of hydrogen-bond donors (Lipinski definition) is 0. The average Bonchev–Trinajstić information content (AvgIpc) is 2.54. The van der Waals surface area contributed by atoms with Crippen LogP contribution in [-0.4, -0.2) is 7.11 Å². The summed E-state index contributed by atoms with van der Waals surface area (Å²) in [6.45, 7) is 2.30. The number of methoxy groups -OCH3 is 1. The molecule has 1 aliphatic carbocycles. The first-order valence-electron chi connectivity index (χ1n) is 7.56. The Labute approximate surface area is 121 Å². The van der Waals surface area contributed by atoms with Crippen molar-refractivity contribution in [3.63, 3.8) is 0 Å². The Bertz CT molecular complexity index is 571. The Kier molecular flexibility index (Phi) is 3.77. The fraction of sp³-hybridized carbons (Fsp3) is 0.368. The predicted molar refractivity (Wildman–Crippen MR) is 83.5 cm³/mol. The van der Waals surface area contributed by atoms with Crippen molar-refractivity contribution in [2.45, 2.75) is 38.0 Å². The van der Waals surface area contributed by atoms with Crippen molar-refractivity contribution in [2.75, 3.05) is 7.11 Å². The first-order chi connectivity index (χ1) is 9.83. The van der Waals surface area contributed by atoms with E-state index in [-0.39, 0.29) is 0 Å². The van der Waals surface area contributed by atoms with E-state index in [4.69, 9.17) is 4.74 Å². The lowest BCUT2D eigenvalue weighted by Gasteiger charge is -2.31. The van der Waals surface area contributed by atoms with Crippen molar-refractivity contribution in [3.05, 3.63) is 65.2 Å². The molecule has 0 N–H and O–H groups in total. The van der Waals surface area contributed by atoms with Gasteiger partial charge >= 0.3 is 0 Å². The maximum absolute atomic E-state index is 5.26. The molecule has 2 unspecified atom stereocenters. The first kappa shape index (κ1) is 13.2. The molecule has 2 aromatic rings. The highest BCUT2D eigenvalue weighted by molar-refractivity contribution is 5.43. The summed E-state index contributed by atoms with van der Waals surface area (Å²) in [6.07, 6.45) is 3.79. The molecule has 1 nitrogen and oxygen atoms in total. The van der Waals surface area contributed by atoms with E-state index in [2.05, 4.69) is 55.5 Å². The predicted octanol–water partition coefficient (Wildman–Crippen LogP) is 5.11. The summed E-state index contributed by atoms with van der Waals surface area (Å²) >= 11 is 0. The topological polar surface area (TPSA) is 9.23 Å². The van der Waals surface area contributed by atoms with Crippen LogP contribution in [0.2, 0.25) is 0 Å². The average molecular weight is 266 g/mol. The maximum atomic E-state index is 5.26. The number of benzene rings is 2. The van der Waals surface area contributed by atoms with Gasteiger partial charge in [-0.3, -0.25) is 0 Å². The van der Waals surface area contributed by atoms with Gasteiger partial charge in [-0.05, 0) is 54.0 Å². The van der Waals surface area contributed by atoms with Crippen LogP contribution in [0, 0.1) is 0 Å². The molecule has 0 bridgehead atoms.